The molecule has 1 aromatic rings. The lowest BCUT2D eigenvalue weighted by atomic mass is 9.49. The lowest BCUT2D eigenvalue weighted by molar-refractivity contribution is -0.0538. The van der Waals surface area contributed by atoms with Crippen molar-refractivity contribution in [1.82, 2.24) is 14.8 Å². The second-order valence-corrected chi connectivity index (χ2v) is 9.33. The van der Waals surface area contributed by atoms with Gasteiger partial charge in [-0.1, -0.05) is 11.8 Å². The van der Waals surface area contributed by atoms with Crippen LogP contribution >= 0.6 is 11.8 Å². The molecule has 21 heavy (non-hydrogen) atoms. The van der Waals surface area contributed by atoms with Gasteiger partial charge >= 0.3 is 0 Å². The second kappa shape index (κ2) is 4.74. The highest BCUT2D eigenvalue weighted by Gasteiger charge is 2.50. The van der Waals surface area contributed by atoms with E-state index in [1.54, 1.807) is 19.3 Å². The fourth-order valence-electron chi connectivity index (χ4n) is 5.89. The number of aromatic nitrogens is 3. The van der Waals surface area contributed by atoms with Crippen molar-refractivity contribution in [3.8, 4) is 0 Å². The van der Waals surface area contributed by atoms with Gasteiger partial charge in [-0.05, 0) is 81.0 Å². The summed E-state index contributed by atoms with van der Waals surface area (Å²) in [7, 11) is 0. The molecule has 0 atom stereocenters. The molecule has 5 aliphatic carbocycles. The number of hydrogen-bond donors (Lipinski definition) is 0. The lowest BCUT2D eigenvalue weighted by Gasteiger charge is -2.57. The molecule has 0 N–H and O–H groups in total. The Labute approximate surface area is 131 Å². The van der Waals surface area contributed by atoms with Crippen molar-refractivity contribution in [3.63, 3.8) is 0 Å². The average molecular weight is 303 g/mol. The highest BCUT2D eigenvalue weighted by molar-refractivity contribution is 7.99. The van der Waals surface area contributed by atoms with E-state index in [4.69, 9.17) is 0 Å². The molecule has 0 aliphatic heterocycles. The molecule has 5 fully saturated rings. The van der Waals surface area contributed by atoms with Crippen molar-refractivity contribution in [2.45, 2.75) is 69.0 Å². The van der Waals surface area contributed by atoms with Crippen LogP contribution in [0.5, 0.6) is 0 Å². The smallest absolute Gasteiger partial charge is 0.191 e. The molecule has 4 bridgehead atoms. The van der Waals surface area contributed by atoms with E-state index in [2.05, 4.69) is 14.8 Å². The molecule has 1 heterocycles. The maximum atomic E-state index is 4.34. The Kier molecular flexibility index (Phi) is 2.93. The molecule has 5 saturated carbocycles. The van der Waals surface area contributed by atoms with E-state index in [-0.39, 0.29) is 0 Å². The zero-order valence-corrected chi connectivity index (χ0v) is 13.5. The highest BCUT2D eigenvalue weighted by atomic mass is 32.2. The first-order valence-electron chi connectivity index (χ1n) is 8.82. The first-order valence-corrected chi connectivity index (χ1v) is 9.81. The Hall–Kier alpha value is -0.510. The monoisotopic (exact) mass is 303 g/mol. The minimum Gasteiger partial charge on any atom is -0.306 e. The number of nitrogens with zero attached hydrogens (tertiary/aromatic N) is 3. The quantitative estimate of drug-likeness (QED) is 0.759. The molecular weight excluding hydrogens is 278 g/mol. The number of thioether (sulfide) groups is 1. The van der Waals surface area contributed by atoms with Gasteiger partial charge in [0.05, 0.1) is 0 Å². The molecule has 114 valence electrons. The van der Waals surface area contributed by atoms with E-state index in [9.17, 15) is 0 Å². The second-order valence-electron chi connectivity index (χ2n) is 8.27. The summed E-state index contributed by atoms with van der Waals surface area (Å²) in [5, 5.41) is 9.63. The van der Waals surface area contributed by atoms with Crippen LogP contribution in [-0.2, 0) is 0 Å². The van der Waals surface area contributed by atoms with Crippen LogP contribution in [-0.4, -0.2) is 20.5 Å². The molecular formula is C17H25N3S. The summed E-state index contributed by atoms with van der Waals surface area (Å²) in [5.74, 6) is 4.49. The van der Waals surface area contributed by atoms with E-state index < -0.39 is 0 Å². The average Bonchev–Trinajstić information content (AvgIpc) is 3.17. The van der Waals surface area contributed by atoms with Crippen LogP contribution in [0.1, 0.15) is 63.8 Å². The molecule has 3 nitrogen and oxygen atoms in total. The maximum absolute atomic E-state index is 4.34. The fraction of sp³-hybridized carbons (Fsp3) is 0.882. The van der Waals surface area contributed by atoms with Gasteiger partial charge in [-0.15, -0.1) is 10.2 Å². The van der Waals surface area contributed by atoms with Crippen molar-refractivity contribution in [3.05, 3.63) is 6.33 Å². The largest absolute Gasteiger partial charge is 0.306 e. The Morgan fingerprint density at radius 3 is 2.38 bits per heavy atom. The molecule has 5 aliphatic rings. The van der Waals surface area contributed by atoms with E-state index in [1.165, 1.54) is 49.4 Å². The van der Waals surface area contributed by atoms with Crippen LogP contribution in [0.25, 0.3) is 0 Å². The van der Waals surface area contributed by atoms with E-state index >= 15 is 0 Å². The van der Waals surface area contributed by atoms with E-state index in [0.29, 0.717) is 11.5 Å². The van der Waals surface area contributed by atoms with Crippen LogP contribution in [0.15, 0.2) is 11.5 Å². The molecule has 0 radical (unpaired) electrons. The summed E-state index contributed by atoms with van der Waals surface area (Å²) in [5.41, 5.74) is 0.714. The molecule has 4 heteroatoms. The van der Waals surface area contributed by atoms with Crippen LogP contribution in [0, 0.1) is 23.2 Å². The number of hydrogen-bond acceptors (Lipinski definition) is 3. The van der Waals surface area contributed by atoms with Gasteiger partial charge in [-0.3, -0.25) is 0 Å². The normalized spacial score (nSPS) is 40.9. The molecule has 0 amide bonds. The van der Waals surface area contributed by atoms with Crippen LogP contribution < -0.4 is 0 Å². The topological polar surface area (TPSA) is 30.7 Å². The zero-order chi connectivity index (χ0) is 13.9. The zero-order valence-electron chi connectivity index (χ0n) is 12.7. The van der Waals surface area contributed by atoms with Gasteiger partial charge in [0, 0.05) is 11.8 Å². The van der Waals surface area contributed by atoms with Crippen molar-refractivity contribution in [2.75, 3.05) is 5.75 Å². The van der Waals surface area contributed by atoms with Gasteiger partial charge in [0.2, 0.25) is 0 Å². The third-order valence-electron chi connectivity index (χ3n) is 6.51. The minimum absolute atomic E-state index is 0.710. The van der Waals surface area contributed by atoms with Gasteiger partial charge in [0.15, 0.2) is 5.16 Å². The Morgan fingerprint density at radius 1 is 1.10 bits per heavy atom. The van der Waals surface area contributed by atoms with E-state index in [1.807, 2.05) is 18.1 Å². The molecule has 0 aromatic carbocycles. The van der Waals surface area contributed by atoms with Crippen molar-refractivity contribution >= 4 is 11.8 Å². The van der Waals surface area contributed by atoms with Crippen LogP contribution in [0.2, 0.25) is 0 Å². The van der Waals surface area contributed by atoms with E-state index in [0.717, 1.165) is 17.8 Å². The Bertz CT molecular complexity index is 499. The van der Waals surface area contributed by atoms with Crippen LogP contribution in [0.4, 0.5) is 0 Å². The standard InChI is InChI=1S/C17H25N3S/c1-2-15(1)20-11-18-19-16(20)21-4-3-17-8-12-5-13(9-17)7-14(6-12)10-17/h11-15H,1-10H2. The number of rotatable bonds is 5. The van der Waals surface area contributed by atoms with Gasteiger partial charge in [0.1, 0.15) is 6.33 Å². The summed E-state index contributed by atoms with van der Waals surface area (Å²) in [4.78, 5) is 0. The Balaban J connectivity index is 1.23. The molecule has 0 spiro atoms. The first kappa shape index (κ1) is 13.0. The molecule has 0 unspecified atom stereocenters. The molecule has 0 saturated heterocycles. The predicted molar refractivity (Wildman–Crippen MR) is 84.2 cm³/mol. The Morgan fingerprint density at radius 2 is 1.76 bits per heavy atom. The SMILES string of the molecule is c1nnc(SCCC23CC4CC(CC(C4)C2)C3)n1C1CC1. The van der Waals surface area contributed by atoms with Crippen molar-refractivity contribution < 1.29 is 0 Å². The highest BCUT2D eigenvalue weighted by Crippen LogP contribution is 2.61. The lowest BCUT2D eigenvalue weighted by Crippen LogP contribution is -2.46. The molecule has 6 rings (SSSR count). The third kappa shape index (κ3) is 2.34. The van der Waals surface area contributed by atoms with Gasteiger partial charge in [0.25, 0.3) is 0 Å². The van der Waals surface area contributed by atoms with Crippen molar-refractivity contribution in [2.24, 2.45) is 23.2 Å². The summed E-state index contributed by atoms with van der Waals surface area (Å²) < 4.78 is 2.31. The van der Waals surface area contributed by atoms with Crippen molar-refractivity contribution in [1.29, 1.82) is 0 Å². The van der Waals surface area contributed by atoms with Gasteiger partial charge in [-0.25, -0.2) is 0 Å². The predicted octanol–water partition coefficient (Wildman–Crippen LogP) is 4.31. The van der Waals surface area contributed by atoms with Gasteiger partial charge < -0.3 is 4.57 Å². The van der Waals surface area contributed by atoms with Gasteiger partial charge in [-0.2, -0.15) is 0 Å². The molecule has 1 aromatic heterocycles. The first-order chi connectivity index (χ1) is 10.3. The minimum atomic E-state index is 0.710. The van der Waals surface area contributed by atoms with Crippen LogP contribution in [0.3, 0.4) is 0 Å². The summed E-state index contributed by atoms with van der Waals surface area (Å²) in [6.07, 6.45) is 15.3. The summed E-state index contributed by atoms with van der Waals surface area (Å²) in [6.45, 7) is 0. The fourth-order valence-corrected chi connectivity index (χ4v) is 7.06. The third-order valence-corrected chi connectivity index (χ3v) is 7.47. The summed E-state index contributed by atoms with van der Waals surface area (Å²) >= 11 is 1.96. The maximum Gasteiger partial charge on any atom is 0.191 e. The summed E-state index contributed by atoms with van der Waals surface area (Å²) in [6, 6.07) is 0.710.